The van der Waals surface area contributed by atoms with Gasteiger partial charge in [-0.15, -0.1) is 0 Å². The lowest BCUT2D eigenvalue weighted by Crippen LogP contribution is -2.47. The fraction of sp³-hybridized carbons (Fsp3) is 0.588. The first-order chi connectivity index (χ1) is 9.97. The van der Waals surface area contributed by atoms with Crippen LogP contribution in [0.15, 0.2) is 24.3 Å². The maximum atomic E-state index is 12.0. The van der Waals surface area contributed by atoms with Gasteiger partial charge in [0, 0.05) is 13.1 Å². The predicted molar refractivity (Wildman–Crippen MR) is 86.6 cm³/mol. The Morgan fingerprint density at radius 3 is 2.48 bits per heavy atom. The molecule has 0 aliphatic heterocycles. The lowest BCUT2D eigenvalue weighted by molar-refractivity contribution is -0.123. The largest absolute Gasteiger partial charge is 0.496 e. The van der Waals surface area contributed by atoms with Crippen LogP contribution in [-0.4, -0.2) is 32.1 Å². The molecule has 0 fully saturated rings. The van der Waals surface area contributed by atoms with Gasteiger partial charge >= 0.3 is 0 Å². The van der Waals surface area contributed by atoms with E-state index >= 15 is 0 Å². The Balaban J connectivity index is 2.68. The number of benzene rings is 1. The van der Waals surface area contributed by atoms with Crippen LogP contribution in [0, 0.1) is 5.92 Å². The number of carbonyl (C=O) groups excluding carboxylic acids is 1. The minimum atomic E-state index is -0.153. The van der Waals surface area contributed by atoms with E-state index in [2.05, 4.69) is 37.5 Å². The number of hydrogen-bond donors (Lipinski definition) is 2. The normalized spacial score (nSPS) is 13.8. The van der Waals surface area contributed by atoms with Gasteiger partial charge in [0.1, 0.15) is 5.75 Å². The highest BCUT2D eigenvalue weighted by Gasteiger charge is 2.21. The van der Waals surface area contributed by atoms with Crippen LogP contribution in [0.4, 0.5) is 0 Å². The lowest BCUT2D eigenvalue weighted by Gasteiger charge is -2.24. The molecule has 1 aromatic carbocycles. The third kappa shape index (κ3) is 5.76. The van der Waals surface area contributed by atoms with Crippen molar-refractivity contribution in [3.05, 3.63) is 29.8 Å². The van der Waals surface area contributed by atoms with Gasteiger partial charge in [-0.1, -0.05) is 32.0 Å². The molecule has 4 nitrogen and oxygen atoms in total. The number of nitrogens with one attached hydrogen (secondary N) is 2. The highest BCUT2D eigenvalue weighted by molar-refractivity contribution is 5.81. The van der Waals surface area contributed by atoms with Gasteiger partial charge in [-0.3, -0.25) is 4.79 Å². The highest BCUT2D eigenvalue weighted by Crippen LogP contribution is 2.19. The van der Waals surface area contributed by atoms with E-state index in [1.54, 1.807) is 14.2 Å². The quantitative estimate of drug-likeness (QED) is 0.773. The number of hydrogen-bond acceptors (Lipinski definition) is 3. The molecule has 2 atom stereocenters. The summed E-state index contributed by atoms with van der Waals surface area (Å²) in [5.41, 5.74) is 1.15. The summed E-state index contributed by atoms with van der Waals surface area (Å²) in [6.45, 7) is 6.35. The summed E-state index contributed by atoms with van der Waals surface area (Å²) in [5, 5.41) is 6.17. The number of para-hydroxylation sites is 1. The number of ether oxygens (including phenoxy) is 1. The molecule has 1 aromatic rings. The molecule has 118 valence electrons. The third-order valence-corrected chi connectivity index (χ3v) is 3.47. The van der Waals surface area contributed by atoms with E-state index in [0.29, 0.717) is 5.92 Å². The van der Waals surface area contributed by atoms with Crippen molar-refractivity contribution in [1.82, 2.24) is 10.6 Å². The van der Waals surface area contributed by atoms with Crippen LogP contribution in [0.5, 0.6) is 5.75 Å². The Morgan fingerprint density at radius 2 is 1.90 bits per heavy atom. The van der Waals surface area contributed by atoms with Gasteiger partial charge in [0.05, 0.1) is 13.2 Å². The Hall–Kier alpha value is -1.55. The van der Waals surface area contributed by atoms with E-state index in [-0.39, 0.29) is 18.0 Å². The van der Waals surface area contributed by atoms with Gasteiger partial charge in [-0.05, 0) is 37.3 Å². The van der Waals surface area contributed by atoms with Gasteiger partial charge in [-0.25, -0.2) is 0 Å². The van der Waals surface area contributed by atoms with Crippen molar-refractivity contribution >= 4 is 5.91 Å². The smallest absolute Gasteiger partial charge is 0.236 e. The molecule has 0 aliphatic carbocycles. The molecule has 0 aliphatic rings. The second-order valence-corrected chi connectivity index (χ2v) is 5.88. The Morgan fingerprint density at radius 1 is 1.24 bits per heavy atom. The van der Waals surface area contributed by atoms with Crippen molar-refractivity contribution in [3.8, 4) is 5.75 Å². The van der Waals surface area contributed by atoms with Crippen LogP contribution in [0.25, 0.3) is 0 Å². The van der Waals surface area contributed by atoms with Crippen molar-refractivity contribution in [2.75, 3.05) is 14.2 Å². The van der Waals surface area contributed by atoms with Crippen LogP contribution in [0.1, 0.15) is 32.8 Å². The summed E-state index contributed by atoms with van der Waals surface area (Å²) in [7, 11) is 3.37. The summed E-state index contributed by atoms with van der Waals surface area (Å²) >= 11 is 0. The first kappa shape index (κ1) is 17.5. The van der Waals surface area contributed by atoms with E-state index in [9.17, 15) is 4.79 Å². The SMILES string of the molecule is CNC(=O)C(CC(C)C)NC(C)Cc1ccccc1OC. The first-order valence-corrected chi connectivity index (χ1v) is 7.57. The fourth-order valence-corrected chi connectivity index (χ4v) is 2.50. The maximum absolute atomic E-state index is 12.0. The van der Waals surface area contributed by atoms with Crippen molar-refractivity contribution < 1.29 is 9.53 Å². The standard InChI is InChI=1S/C17H28N2O2/c1-12(2)10-15(17(20)18-4)19-13(3)11-14-8-6-7-9-16(14)21-5/h6-9,12-13,15,19H,10-11H2,1-5H3,(H,18,20). The van der Waals surface area contributed by atoms with Gasteiger partial charge in [-0.2, -0.15) is 0 Å². The molecule has 0 heterocycles. The van der Waals surface area contributed by atoms with Crippen molar-refractivity contribution in [1.29, 1.82) is 0 Å². The molecule has 0 saturated carbocycles. The topological polar surface area (TPSA) is 50.4 Å². The Bertz CT molecular complexity index is 446. The number of likely N-dealkylation sites (N-methyl/N-ethyl adjacent to an activating group) is 1. The van der Waals surface area contributed by atoms with E-state index in [0.717, 1.165) is 24.2 Å². The molecule has 0 saturated heterocycles. The predicted octanol–water partition coefficient (Wildman–Crippen LogP) is 2.38. The zero-order valence-electron chi connectivity index (χ0n) is 13.8. The van der Waals surface area contributed by atoms with Gasteiger partial charge < -0.3 is 15.4 Å². The Kier molecular flexibility index (Phi) is 7.23. The fourth-order valence-electron chi connectivity index (χ4n) is 2.50. The molecule has 2 unspecified atom stereocenters. The second-order valence-electron chi connectivity index (χ2n) is 5.88. The van der Waals surface area contributed by atoms with Crippen LogP contribution < -0.4 is 15.4 Å². The van der Waals surface area contributed by atoms with E-state index in [1.165, 1.54) is 0 Å². The summed E-state index contributed by atoms with van der Waals surface area (Å²) in [6.07, 6.45) is 1.66. The zero-order chi connectivity index (χ0) is 15.8. The van der Waals surface area contributed by atoms with E-state index in [1.807, 2.05) is 18.2 Å². The number of rotatable bonds is 8. The van der Waals surface area contributed by atoms with Crippen molar-refractivity contribution in [2.45, 2.75) is 45.7 Å². The van der Waals surface area contributed by atoms with Crippen molar-refractivity contribution in [2.24, 2.45) is 5.92 Å². The molecule has 0 radical (unpaired) electrons. The van der Waals surface area contributed by atoms with E-state index < -0.39 is 0 Å². The summed E-state index contributed by atoms with van der Waals surface area (Å²) in [5.74, 6) is 1.42. The van der Waals surface area contributed by atoms with Crippen molar-refractivity contribution in [3.63, 3.8) is 0 Å². The molecule has 0 bridgehead atoms. The van der Waals surface area contributed by atoms with Crippen LogP contribution in [0.3, 0.4) is 0 Å². The Labute approximate surface area is 128 Å². The average Bonchev–Trinajstić information content (AvgIpc) is 2.45. The molecule has 21 heavy (non-hydrogen) atoms. The third-order valence-electron chi connectivity index (χ3n) is 3.47. The molecule has 0 aromatic heterocycles. The summed E-state index contributed by atoms with van der Waals surface area (Å²) in [4.78, 5) is 12.0. The zero-order valence-corrected chi connectivity index (χ0v) is 13.8. The maximum Gasteiger partial charge on any atom is 0.236 e. The van der Waals surface area contributed by atoms with Crippen LogP contribution >= 0.6 is 0 Å². The van der Waals surface area contributed by atoms with Gasteiger partial charge in [0.25, 0.3) is 0 Å². The molecular weight excluding hydrogens is 264 g/mol. The molecule has 4 heteroatoms. The van der Waals surface area contributed by atoms with Crippen LogP contribution in [0.2, 0.25) is 0 Å². The average molecular weight is 292 g/mol. The monoisotopic (exact) mass is 292 g/mol. The second kappa shape index (κ2) is 8.67. The molecule has 2 N–H and O–H groups in total. The van der Waals surface area contributed by atoms with Gasteiger partial charge in [0.15, 0.2) is 0 Å². The number of carbonyl (C=O) groups is 1. The molecule has 1 amide bonds. The summed E-state index contributed by atoms with van der Waals surface area (Å²) in [6, 6.07) is 8.05. The van der Waals surface area contributed by atoms with Gasteiger partial charge in [0.2, 0.25) is 5.91 Å². The number of amides is 1. The minimum Gasteiger partial charge on any atom is -0.496 e. The minimum absolute atomic E-state index is 0.0515. The summed E-state index contributed by atoms with van der Waals surface area (Å²) < 4.78 is 5.38. The van der Waals surface area contributed by atoms with E-state index in [4.69, 9.17) is 4.74 Å². The first-order valence-electron chi connectivity index (χ1n) is 7.57. The molecule has 1 rings (SSSR count). The lowest BCUT2D eigenvalue weighted by atomic mass is 10.0. The highest BCUT2D eigenvalue weighted by atomic mass is 16.5. The van der Waals surface area contributed by atoms with Crippen LogP contribution in [-0.2, 0) is 11.2 Å². The molecular formula is C17H28N2O2. The molecule has 0 spiro atoms. The number of methoxy groups -OCH3 is 1.